The van der Waals surface area contributed by atoms with E-state index in [0.29, 0.717) is 5.82 Å². The Bertz CT molecular complexity index is 617. The van der Waals surface area contributed by atoms with Crippen molar-refractivity contribution in [1.82, 2.24) is 15.0 Å². The van der Waals surface area contributed by atoms with Crippen LogP contribution in [0.5, 0.6) is 11.8 Å². The van der Waals surface area contributed by atoms with Gasteiger partial charge in [0.05, 0.1) is 19.8 Å². The maximum atomic E-state index is 5.86. The second-order valence-electron chi connectivity index (χ2n) is 4.00. The van der Waals surface area contributed by atoms with Crippen LogP contribution in [-0.4, -0.2) is 29.2 Å². The lowest BCUT2D eigenvalue weighted by Gasteiger charge is -2.12. The summed E-state index contributed by atoms with van der Waals surface area (Å²) in [6.45, 7) is 4.00. The van der Waals surface area contributed by atoms with Crippen molar-refractivity contribution in [2.75, 3.05) is 14.2 Å². The molecule has 0 aliphatic heterocycles. The molecule has 1 heterocycles. The molecule has 0 atom stereocenters. The van der Waals surface area contributed by atoms with E-state index in [9.17, 15) is 0 Å². The number of aryl methyl sites for hydroxylation is 1. The van der Waals surface area contributed by atoms with Gasteiger partial charge in [0.15, 0.2) is 5.82 Å². The van der Waals surface area contributed by atoms with E-state index in [2.05, 4.69) is 15.0 Å². The normalized spacial score (nSPS) is 10.4. The summed E-state index contributed by atoms with van der Waals surface area (Å²) in [5, 5.41) is 0.0853. The predicted octanol–water partition coefficient (Wildman–Crippen LogP) is 2.83. The zero-order valence-electron chi connectivity index (χ0n) is 11.2. The number of halogens is 1. The van der Waals surface area contributed by atoms with E-state index in [-0.39, 0.29) is 11.3 Å². The van der Waals surface area contributed by atoms with Crippen molar-refractivity contribution in [3.05, 3.63) is 28.5 Å². The number of ether oxygens (including phenoxy) is 2. The lowest BCUT2D eigenvalue weighted by atomic mass is 10.0. The zero-order valence-corrected chi connectivity index (χ0v) is 11.9. The molecule has 2 aromatic rings. The number of hydrogen-bond donors (Lipinski definition) is 0. The average Bonchev–Trinajstić information content (AvgIpc) is 2.40. The number of rotatable bonds is 3. The molecule has 0 unspecified atom stereocenters. The highest BCUT2D eigenvalue weighted by Gasteiger charge is 2.15. The van der Waals surface area contributed by atoms with Gasteiger partial charge in [0.2, 0.25) is 5.28 Å². The SMILES string of the molecule is COc1nc(Cl)nc(-c2ccc(C)c(C)c2OC)n1. The molecule has 0 saturated carbocycles. The molecule has 0 bridgehead atoms. The first-order chi connectivity index (χ1) is 9.06. The summed E-state index contributed by atoms with van der Waals surface area (Å²) in [7, 11) is 3.10. The number of nitrogens with zero attached hydrogens (tertiary/aromatic N) is 3. The molecule has 2 rings (SSSR count). The molecule has 6 heteroatoms. The first-order valence-corrected chi connectivity index (χ1v) is 6.04. The van der Waals surface area contributed by atoms with Crippen molar-refractivity contribution in [1.29, 1.82) is 0 Å². The van der Waals surface area contributed by atoms with Crippen LogP contribution in [0.4, 0.5) is 0 Å². The van der Waals surface area contributed by atoms with Gasteiger partial charge in [0, 0.05) is 0 Å². The Morgan fingerprint density at radius 1 is 1.00 bits per heavy atom. The molecule has 0 radical (unpaired) electrons. The van der Waals surface area contributed by atoms with Gasteiger partial charge in [-0.3, -0.25) is 0 Å². The molecular weight excluding hydrogens is 266 g/mol. The van der Waals surface area contributed by atoms with Crippen LogP contribution in [0.2, 0.25) is 5.28 Å². The van der Waals surface area contributed by atoms with Crippen LogP contribution in [0.3, 0.4) is 0 Å². The average molecular weight is 280 g/mol. The second-order valence-corrected chi connectivity index (χ2v) is 4.34. The van der Waals surface area contributed by atoms with Crippen LogP contribution in [0.1, 0.15) is 11.1 Å². The quantitative estimate of drug-likeness (QED) is 0.865. The fourth-order valence-electron chi connectivity index (χ4n) is 1.77. The van der Waals surface area contributed by atoms with Gasteiger partial charge in [-0.2, -0.15) is 15.0 Å². The van der Waals surface area contributed by atoms with E-state index in [1.54, 1.807) is 7.11 Å². The molecule has 0 aliphatic rings. The molecule has 0 fully saturated rings. The van der Waals surface area contributed by atoms with Gasteiger partial charge >= 0.3 is 6.01 Å². The minimum absolute atomic E-state index is 0.0853. The molecule has 1 aromatic heterocycles. The third-order valence-electron chi connectivity index (χ3n) is 2.89. The number of methoxy groups -OCH3 is 2. The monoisotopic (exact) mass is 279 g/mol. The highest BCUT2D eigenvalue weighted by atomic mass is 35.5. The molecule has 5 nitrogen and oxygen atoms in total. The van der Waals surface area contributed by atoms with Gasteiger partial charge in [0.1, 0.15) is 5.75 Å². The lowest BCUT2D eigenvalue weighted by molar-refractivity contribution is 0.378. The van der Waals surface area contributed by atoms with Gasteiger partial charge in [-0.25, -0.2) is 0 Å². The molecule has 0 spiro atoms. The highest BCUT2D eigenvalue weighted by molar-refractivity contribution is 6.28. The Labute approximate surface area is 116 Å². The van der Waals surface area contributed by atoms with Crippen LogP contribution in [0, 0.1) is 13.8 Å². The van der Waals surface area contributed by atoms with Crippen molar-refractivity contribution in [3.8, 4) is 23.1 Å². The van der Waals surface area contributed by atoms with Crippen LogP contribution in [0.15, 0.2) is 12.1 Å². The number of benzene rings is 1. The lowest BCUT2D eigenvalue weighted by Crippen LogP contribution is -2.00. The molecule has 0 saturated heterocycles. The zero-order chi connectivity index (χ0) is 14.0. The molecule has 19 heavy (non-hydrogen) atoms. The Kier molecular flexibility index (Phi) is 3.85. The summed E-state index contributed by atoms with van der Waals surface area (Å²) in [5.41, 5.74) is 2.93. The molecule has 0 N–H and O–H groups in total. The fourth-order valence-corrected chi connectivity index (χ4v) is 1.93. The van der Waals surface area contributed by atoms with Crippen LogP contribution in [0.25, 0.3) is 11.4 Å². The topological polar surface area (TPSA) is 57.1 Å². The summed E-state index contributed by atoms with van der Waals surface area (Å²) >= 11 is 5.86. The predicted molar refractivity (Wildman–Crippen MR) is 72.9 cm³/mol. The molecular formula is C13H14ClN3O2. The van der Waals surface area contributed by atoms with Crippen molar-refractivity contribution >= 4 is 11.6 Å². The van der Waals surface area contributed by atoms with E-state index < -0.39 is 0 Å². The Morgan fingerprint density at radius 3 is 2.37 bits per heavy atom. The second kappa shape index (κ2) is 5.40. The molecule has 0 aliphatic carbocycles. The summed E-state index contributed by atoms with van der Waals surface area (Å²) < 4.78 is 10.4. The van der Waals surface area contributed by atoms with Gasteiger partial charge in [-0.05, 0) is 42.6 Å². The van der Waals surface area contributed by atoms with E-state index in [4.69, 9.17) is 21.1 Å². The fraction of sp³-hybridized carbons (Fsp3) is 0.308. The smallest absolute Gasteiger partial charge is 0.321 e. The van der Waals surface area contributed by atoms with Crippen LogP contribution < -0.4 is 9.47 Å². The van der Waals surface area contributed by atoms with Gasteiger partial charge in [0.25, 0.3) is 0 Å². The summed E-state index contributed by atoms with van der Waals surface area (Å²) in [6, 6.07) is 4.05. The van der Waals surface area contributed by atoms with Gasteiger partial charge < -0.3 is 9.47 Å². The van der Waals surface area contributed by atoms with Gasteiger partial charge in [-0.15, -0.1) is 0 Å². The van der Waals surface area contributed by atoms with E-state index in [1.165, 1.54) is 7.11 Å². The molecule has 1 aromatic carbocycles. The van der Waals surface area contributed by atoms with Crippen LogP contribution in [-0.2, 0) is 0 Å². The van der Waals surface area contributed by atoms with Crippen molar-refractivity contribution in [2.45, 2.75) is 13.8 Å². The number of aromatic nitrogens is 3. The first-order valence-electron chi connectivity index (χ1n) is 5.67. The van der Waals surface area contributed by atoms with Gasteiger partial charge in [-0.1, -0.05) is 6.07 Å². The standard InChI is InChI=1S/C13H14ClN3O2/c1-7-5-6-9(10(18-3)8(7)2)11-15-12(14)17-13(16-11)19-4/h5-6H,1-4H3. The molecule has 0 amide bonds. The molecule has 100 valence electrons. The summed E-state index contributed by atoms with van der Waals surface area (Å²) in [6.07, 6.45) is 0. The Hall–Kier alpha value is -1.88. The third kappa shape index (κ3) is 2.61. The largest absolute Gasteiger partial charge is 0.496 e. The Morgan fingerprint density at radius 2 is 1.74 bits per heavy atom. The van der Waals surface area contributed by atoms with Crippen molar-refractivity contribution in [2.24, 2.45) is 0 Å². The minimum atomic E-state index is 0.0853. The Balaban J connectivity index is 2.65. The maximum absolute atomic E-state index is 5.86. The van der Waals surface area contributed by atoms with E-state index in [0.717, 1.165) is 22.4 Å². The van der Waals surface area contributed by atoms with E-state index >= 15 is 0 Å². The van der Waals surface area contributed by atoms with Crippen molar-refractivity contribution in [3.63, 3.8) is 0 Å². The van der Waals surface area contributed by atoms with E-state index in [1.807, 2.05) is 26.0 Å². The third-order valence-corrected chi connectivity index (χ3v) is 3.06. The summed E-state index contributed by atoms with van der Waals surface area (Å²) in [5.74, 6) is 1.15. The summed E-state index contributed by atoms with van der Waals surface area (Å²) in [4.78, 5) is 12.2. The van der Waals surface area contributed by atoms with Crippen molar-refractivity contribution < 1.29 is 9.47 Å². The highest BCUT2D eigenvalue weighted by Crippen LogP contribution is 2.33. The number of hydrogen-bond acceptors (Lipinski definition) is 5. The van der Waals surface area contributed by atoms with Crippen LogP contribution >= 0.6 is 11.6 Å². The minimum Gasteiger partial charge on any atom is -0.496 e. The maximum Gasteiger partial charge on any atom is 0.321 e. The first kappa shape index (κ1) is 13.5.